The van der Waals surface area contributed by atoms with Crippen LogP contribution < -0.4 is 4.18 Å². The van der Waals surface area contributed by atoms with Gasteiger partial charge in [0.2, 0.25) is 0 Å². The molecule has 0 heterocycles. The fraction of sp³-hybridized carbons (Fsp3) is 0.125. The van der Waals surface area contributed by atoms with Crippen LogP contribution in [0.25, 0.3) is 0 Å². The number of rotatable bonds is 3. The number of hydrogen-bond donors (Lipinski definition) is 2. The molecule has 0 amide bonds. The molecule has 5 nitrogen and oxygen atoms in total. The lowest BCUT2D eigenvalue weighted by Crippen LogP contribution is -2.03. The van der Waals surface area contributed by atoms with Crippen LogP contribution in [0.1, 0.15) is 12.5 Å². The molecule has 1 rings (SSSR count). The van der Waals surface area contributed by atoms with Gasteiger partial charge in [-0.2, -0.15) is 4.21 Å². The van der Waals surface area contributed by atoms with Crippen molar-refractivity contribution in [1.29, 1.82) is 0 Å². The van der Waals surface area contributed by atoms with E-state index in [0.29, 0.717) is 11.3 Å². The summed E-state index contributed by atoms with van der Waals surface area (Å²) in [5.74, 6) is 0.198. The molecule has 1 atom stereocenters. The Morgan fingerprint density at radius 2 is 2.14 bits per heavy atom. The molecule has 6 heteroatoms. The Hall–Kier alpha value is -1.40. The summed E-state index contributed by atoms with van der Waals surface area (Å²) in [6, 6.07) is 6.49. The highest BCUT2D eigenvalue weighted by atomic mass is 32.2. The zero-order valence-corrected chi connectivity index (χ0v) is 8.19. The molecule has 0 aromatic heterocycles. The highest BCUT2D eigenvalue weighted by Gasteiger charge is 2.08. The molecule has 0 aliphatic heterocycles. The van der Waals surface area contributed by atoms with Crippen LogP contribution in [-0.2, 0) is 11.4 Å². The highest BCUT2D eigenvalue weighted by molar-refractivity contribution is 7.74. The molecule has 0 radical (unpaired) electrons. The summed E-state index contributed by atoms with van der Waals surface area (Å²) in [4.78, 5) is 0. The van der Waals surface area contributed by atoms with Gasteiger partial charge < -0.3 is 9.39 Å². The van der Waals surface area contributed by atoms with Crippen LogP contribution in [-0.4, -0.2) is 19.7 Å². The van der Waals surface area contributed by atoms with E-state index in [1.165, 1.54) is 6.07 Å². The molecule has 14 heavy (non-hydrogen) atoms. The summed E-state index contributed by atoms with van der Waals surface area (Å²) in [5.41, 5.74) is 0.781. The van der Waals surface area contributed by atoms with Gasteiger partial charge in [0.25, 0.3) is 0 Å². The van der Waals surface area contributed by atoms with E-state index < -0.39 is 11.4 Å². The summed E-state index contributed by atoms with van der Waals surface area (Å²) in [7, 11) is 0. The molecule has 1 aromatic rings. The third-order valence-corrected chi connectivity index (χ3v) is 1.91. The number of oxime groups is 1. The van der Waals surface area contributed by atoms with Gasteiger partial charge in [0, 0.05) is 5.56 Å². The lowest BCUT2D eigenvalue weighted by molar-refractivity contribution is 0.319. The molecule has 2 N–H and O–H groups in total. The van der Waals surface area contributed by atoms with Gasteiger partial charge in [-0.3, -0.25) is 4.55 Å². The Balaban J connectivity index is 3.09. The quantitative estimate of drug-likeness (QED) is 0.345. The average Bonchev–Trinajstić information content (AvgIpc) is 2.16. The summed E-state index contributed by atoms with van der Waals surface area (Å²) in [5, 5.41) is 11.5. The molecule has 76 valence electrons. The molecule has 0 bridgehead atoms. The van der Waals surface area contributed by atoms with Crippen molar-refractivity contribution in [2.24, 2.45) is 5.16 Å². The predicted molar refractivity (Wildman–Crippen MR) is 51.8 cm³/mol. The fourth-order valence-corrected chi connectivity index (χ4v) is 1.27. The van der Waals surface area contributed by atoms with Gasteiger partial charge in [-0.05, 0) is 19.1 Å². The van der Waals surface area contributed by atoms with Crippen molar-refractivity contribution in [3.05, 3.63) is 29.8 Å². The maximum atomic E-state index is 10.4. The lowest BCUT2D eigenvalue weighted by atomic mass is 10.1. The van der Waals surface area contributed by atoms with Crippen molar-refractivity contribution in [1.82, 2.24) is 0 Å². The molecule has 0 fully saturated rings. The average molecular weight is 215 g/mol. The van der Waals surface area contributed by atoms with E-state index in [2.05, 4.69) is 9.34 Å². The fourth-order valence-electron chi connectivity index (χ4n) is 0.969. The van der Waals surface area contributed by atoms with Crippen LogP contribution in [0, 0.1) is 0 Å². The summed E-state index contributed by atoms with van der Waals surface area (Å²) >= 11 is -2.38. The first-order valence-corrected chi connectivity index (χ1v) is 4.75. The van der Waals surface area contributed by atoms with Crippen molar-refractivity contribution in [2.75, 3.05) is 0 Å². The lowest BCUT2D eigenvalue weighted by Gasteiger charge is -2.05. The van der Waals surface area contributed by atoms with Gasteiger partial charge in [-0.15, -0.1) is 0 Å². The van der Waals surface area contributed by atoms with Crippen LogP contribution in [0.3, 0.4) is 0 Å². The van der Waals surface area contributed by atoms with Crippen LogP contribution in [0.5, 0.6) is 5.75 Å². The minimum absolute atomic E-state index is 0.198. The minimum Gasteiger partial charge on any atom is -0.411 e. The van der Waals surface area contributed by atoms with Crippen molar-refractivity contribution >= 4 is 17.1 Å². The number of hydrogen-bond acceptors (Lipinski definition) is 4. The van der Waals surface area contributed by atoms with E-state index >= 15 is 0 Å². The van der Waals surface area contributed by atoms with E-state index in [0.717, 1.165) is 0 Å². The Bertz CT molecular complexity index is 377. The molecule has 1 aromatic carbocycles. The third-order valence-electron chi connectivity index (χ3n) is 1.59. The van der Waals surface area contributed by atoms with Gasteiger partial charge >= 0.3 is 11.4 Å². The Morgan fingerprint density at radius 3 is 2.71 bits per heavy atom. The van der Waals surface area contributed by atoms with E-state index in [1.54, 1.807) is 25.1 Å². The molecule has 0 spiro atoms. The van der Waals surface area contributed by atoms with Gasteiger partial charge in [0.05, 0.1) is 5.71 Å². The third kappa shape index (κ3) is 2.54. The maximum Gasteiger partial charge on any atom is 0.357 e. The van der Waals surface area contributed by atoms with E-state index in [4.69, 9.17) is 9.76 Å². The molecule has 0 aliphatic rings. The van der Waals surface area contributed by atoms with Crippen molar-refractivity contribution in [3.8, 4) is 5.75 Å². The molecule has 0 aliphatic carbocycles. The highest BCUT2D eigenvalue weighted by Crippen LogP contribution is 2.19. The normalized spacial score (nSPS) is 13.7. The van der Waals surface area contributed by atoms with Crippen LogP contribution in [0.15, 0.2) is 29.4 Å². The molecule has 0 saturated carbocycles. The van der Waals surface area contributed by atoms with Gasteiger partial charge in [-0.25, -0.2) is 0 Å². The van der Waals surface area contributed by atoms with Gasteiger partial charge in [-0.1, -0.05) is 17.3 Å². The second-order valence-electron chi connectivity index (χ2n) is 2.48. The smallest absolute Gasteiger partial charge is 0.357 e. The predicted octanol–water partition coefficient (Wildman–Crippen LogP) is 1.40. The van der Waals surface area contributed by atoms with E-state index in [-0.39, 0.29) is 5.75 Å². The first kappa shape index (κ1) is 10.7. The minimum atomic E-state index is -2.38. The SMILES string of the molecule is C/C(=N/O)c1ccccc1OS(=O)O. The van der Waals surface area contributed by atoms with Crippen molar-refractivity contribution in [2.45, 2.75) is 6.92 Å². The van der Waals surface area contributed by atoms with E-state index in [9.17, 15) is 4.21 Å². The summed E-state index contributed by atoms with van der Waals surface area (Å²) in [6.45, 7) is 1.56. The second kappa shape index (κ2) is 4.73. The Morgan fingerprint density at radius 1 is 1.50 bits per heavy atom. The molecular formula is C8H9NO4S. The van der Waals surface area contributed by atoms with Crippen molar-refractivity contribution < 1.29 is 18.2 Å². The molecule has 0 saturated heterocycles. The molecular weight excluding hydrogens is 206 g/mol. The summed E-state index contributed by atoms with van der Waals surface area (Å²) < 4.78 is 23.6. The number of para-hydroxylation sites is 1. The van der Waals surface area contributed by atoms with Crippen LogP contribution >= 0.6 is 0 Å². The second-order valence-corrected chi connectivity index (χ2v) is 3.08. The first-order valence-electron chi connectivity index (χ1n) is 3.72. The molecule has 1 unspecified atom stereocenters. The Kier molecular flexibility index (Phi) is 3.61. The largest absolute Gasteiger partial charge is 0.411 e. The Labute approximate surface area is 83.5 Å². The van der Waals surface area contributed by atoms with Crippen molar-refractivity contribution in [3.63, 3.8) is 0 Å². The van der Waals surface area contributed by atoms with Gasteiger partial charge in [0.1, 0.15) is 0 Å². The summed E-state index contributed by atoms with van der Waals surface area (Å²) in [6.07, 6.45) is 0. The number of benzene rings is 1. The maximum absolute atomic E-state index is 10.4. The van der Waals surface area contributed by atoms with Gasteiger partial charge in [0.15, 0.2) is 5.75 Å². The zero-order chi connectivity index (χ0) is 10.6. The van der Waals surface area contributed by atoms with E-state index in [1.807, 2.05) is 0 Å². The zero-order valence-electron chi connectivity index (χ0n) is 7.38. The van der Waals surface area contributed by atoms with Crippen LogP contribution in [0.2, 0.25) is 0 Å². The number of nitrogens with zero attached hydrogens (tertiary/aromatic N) is 1. The standard InChI is InChI=1S/C8H9NO4S/c1-6(9-10)7-4-2-3-5-8(7)13-14(11)12/h2-5,10H,1H3,(H,11,12)/b9-6-. The first-order chi connectivity index (χ1) is 6.65. The topological polar surface area (TPSA) is 79.1 Å². The monoisotopic (exact) mass is 215 g/mol. The van der Waals surface area contributed by atoms with Crippen LogP contribution in [0.4, 0.5) is 0 Å².